The third kappa shape index (κ3) is 4.50. The van der Waals surface area contributed by atoms with Crippen molar-refractivity contribution in [3.05, 3.63) is 52.5 Å². The van der Waals surface area contributed by atoms with E-state index in [-0.39, 0.29) is 5.91 Å². The monoisotopic (exact) mass is 458 g/mol. The zero-order chi connectivity index (χ0) is 22.0. The smallest absolute Gasteiger partial charge is 0.233 e. The van der Waals surface area contributed by atoms with Crippen molar-refractivity contribution >= 4 is 29.3 Å². The van der Waals surface area contributed by atoms with Crippen molar-refractivity contribution in [2.45, 2.75) is 18.1 Å². The fourth-order valence-corrected chi connectivity index (χ4v) is 4.54. The summed E-state index contributed by atoms with van der Waals surface area (Å²) in [6.07, 6.45) is 0.788. The first kappa shape index (κ1) is 21.5. The van der Waals surface area contributed by atoms with Gasteiger partial charge in [-0.2, -0.15) is 0 Å². The Bertz CT molecular complexity index is 1100. The average Bonchev–Trinajstić information content (AvgIpc) is 3.16. The van der Waals surface area contributed by atoms with Crippen molar-refractivity contribution in [3.8, 4) is 22.9 Å². The Hall–Kier alpha value is -2.71. The van der Waals surface area contributed by atoms with E-state index in [0.717, 1.165) is 29.1 Å². The van der Waals surface area contributed by atoms with Gasteiger partial charge in [-0.3, -0.25) is 4.79 Å². The Balaban J connectivity index is 1.41. The van der Waals surface area contributed by atoms with Crippen molar-refractivity contribution in [1.82, 2.24) is 19.7 Å². The first-order valence-corrected chi connectivity index (χ1v) is 11.2. The Labute approximate surface area is 190 Å². The van der Waals surface area contributed by atoms with Gasteiger partial charge in [0.25, 0.3) is 0 Å². The Morgan fingerprint density at radius 1 is 1.10 bits per heavy atom. The summed E-state index contributed by atoms with van der Waals surface area (Å²) in [5, 5.41) is 9.89. The van der Waals surface area contributed by atoms with E-state index in [1.54, 1.807) is 14.2 Å². The van der Waals surface area contributed by atoms with Gasteiger partial charge in [-0.15, -0.1) is 10.2 Å². The average molecular weight is 459 g/mol. The molecule has 0 atom stereocenters. The van der Waals surface area contributed by atoms with Gasteiger partial charge in [-0.05, 0) is 53.9 Å². The van der Waals surface area contributed by atoms with Gasteiger partial charge in [0.2, 0.25) is 5.91 Å². The number of carbonyl (C=O) groups is 1. The molecule has 0 N–H and O–H groups in total. The van der Waals surface area contributed by atoms with E-state index < -0.39 is 0 Å². The summed E-state index contributed by atoms with van der Waals surface area (Å²) in [7, 11) is 5.14. The Kier molecular flexibility index (Phi) is 6.38. The lowest BCUT2D eigenvalue weighted by Crippen LogP contribution is -2.37. The van der Waals surface area contributed by atoms with Gasteiger partial charge in [0.15, 0.2) is 22.5 Å². The van der Waals surface area contributed by atoms with Crippen LogP contribution in [0.25, 0.3) is 11.4 Å². The molecule has 9 heteroatoms. The molecule has 0 saturated heterocycles. The maximum atomic E-state index is 12.9. The van der Waals surface area contributed by atoms with E-state index in [1.165, 1.54) is 17.3 Å². The van der Waals surface area contributed by atoms with Crippen LogP contribution in [0.5, 0.6) is 11.5 Å². The maximum absolute atomic E-state index is 12.9. The third-order valence-electron chi connectivity index (χ3n) is 5.33. The van der Waals surface area contributed by atoms with E-state index in [2.05, 4.69) is 10.2 Å². The lowest BCUT2D eigenvalue weighted by atomic mass is 9.99. The number of rotatable bonds is 6. The summed E-state index contributed by atoms with van der Waals surface area (Å²) in [5.41, 5.74) is 3.20. The molecule has 1 aromatic heterocycles. The Morgan fingerprint density at radius 2 is 1.77 bits per heavy atom. The molecule has 31 heavy (non-hydrogen) atoms. The van der Waals surface area contributed by atoms with Gasteiger partial charge < -0.3 is 18.9 Å². The molecule has 0 unspecified atom stereocenters. The summed E-state index contributed by atoms with van der Waals surface area (Å²) in [6, 6.07) is 11.4. The molecular weight excluding hydrogens is 436 g/mol. The zero-order valence-corrected chi connectivity index (χ0v) is 19.2. The summed E-state index contributed by atoms with van der Waals surface area (Å²) >= 11 is 7.35. The van der Waals surface area contributed by atoms with Crippen LogP contribution in [-0.4, -0.2) is 52.1 Å². The molecular formula is C22H23ClN4O3S. The highest BCUT2D eigenvalue weighted by Crippen LogP contribution is 2.33. The van der Waals surface area contributed by atoms with Gasteiger partial charge in [-0.25, -0.2) is 0 Å². The molecule has 0 fully saturated rings. The molecule has 3 aromatic rings. The highest BCUT2D eigenvalue weighted by molar-refractivity contribution is 7.99. The predicted molar refractivity (Wildman–Crippen MR) is 121 cm³/mol. The number of thioether (sulfide) groups is 1. The first-order valence-electron chi connectivity index (χ1n) is 9.80. The van der Waals surface area contributed by atoms with E-state index in [1.807, 2.05) is 52.9 Å². The number of aromatic nitrogens is 3. The molecule has 1 aliphatic rings. The molecule has 1 amide bonds. The maximum Gasteiger partial charge on any atom is 0.233 e. The van der Waals surface area contributed by atoms with E-state index in [9.17, 15) is 4.79 Å². The van der Waals surface area contributed by atoms with E-state index >= 15 is 0 Å². The minimum atomic E-state index is 0.0708. The fraction of sp³-hybridized carbons (Fsp3) is 0.318. The largest absolute Gasteiger partial charge is 0.493 e. The van der Waals surface area contributed by atoms with Crippen molar-refractivity contribution in [3.63, 3.8) is 0 Å². The second kappa shape index (κ2) is 9.20. The van der Waals surface area contributed by atoms with Crippen LogP contribution in [-0.2, 0) is 24.8 Å². The van der Waals surface area contributed by atoms with Crippen molar-refractivity contribution < 1.29 is 14.3 Å². The lowest BCUT2D eigenvalue weighted by Gasteiger charge is -2.29. The van der Waals surface area contributed by atoms with E-state index in [4.69, 9.17) is 21.1 Å². The quantitative estimate of drug-likeness (QED) is 0.523. The van der Waals surface area contributed by atoms with Gasteiger partial charge in [-0.1, -0.05) is 23.4 Å². The van der Waals surface area contributed by atoms with Crippen molar-refractivity contribution in [2.75, 3.05) is 26.5 Å². The molecule has 7 nitrogen and oxygen atoms in total. The summed E-state index contributed by atoms with van der Waals surface area (Å²) in [6.45, 7) is 1.24. The zero-order valence-electron chi connectivity index (χ0n) is 17.6. The molecule has 4 rings (SSSR count). The normalized spacial score (nSPS) is 13.1. The molecule has 2 aromatic carbocycles. The van der Waals surface area contributed by atoms with Crippen molar-refractivity contribution in [2.24, 2.45) is 7.05 Å². The van der Waals surface area contributed by atoms with Crippen LogP contribution < -0.4 is 9.47 Å². The predicted octanol–water partition coefficient (Wildman–Crippen LogP) is 3.83. The minimum Gasteiger partial charge on any atom is -0.493 e. The van der Waals surface area contributed by atoms with Crippen LogP contribution >= 0.6 is 23.4 Å². The second-order valence-electron chi connectivity index (χ2n) is 7.20. The first-order chi connectivity index (χ1) is 15.0. The number of hydrogen-bond donors (Lipinski definition) is 0. The number of carbonyl (C=O) groups excluding carboxylic acids is 1. The van der Waals surface area contributed by atoms with Crippen LogP contribution in [0.3, 0.4) is 0 Å². The van der Waals surface area contributed by atoms with Crippen molar-refractivity contribution in [1.29, 1.82) is 0 Å². The van der Waals surface area contributed by atoms with Gasteiger partial charge in [0, 0.05) is 30.7 Å². The molecule has 0 bridgehead atoms. The van der Waals surface area contributed by atoms with Crippen LogP contribution in [0.2, 0.25) is 5.02 Å². The lowest BCUT2D eigenvalue weighted by molar-refractivity contribution is -0.129. The molecule has 0 spiro atoms. The van der Waals surface area contributed by atoms with Crippen LogP contribution in [0, 0.1) is 0 Å². The van der Waals surface area contributed by atoms with Gasteiger partial charge in [0.1, 0.15) is 0 Å². The molecule has 0 saturated carbocycles. The second-order valence-corrected chi connectivity index (χ2v) is 8.58. The SMILES string of the molecule is COc1cc2c(cc1OC)CN(C(=O)CSc1nnc(-c3ccc(Cl)cc3)n1C)CC2. The summed E-state index contributed by atoms with van der Waals surface area (Å²) < 4.78 is 12.7. The summed E-state index contributed by atoms with van der Waals surface area (Å²) in [4.78, 5) is 14.7. The number of hydrogen-bond acceptors (Lipinski definition) is 6. The molecule has 2 heterocycles. The number of halogens is 1. The number of fused-ring (bicyclic) bond motifs is 1. The summed E-state index contributed by atoms with van der Waals surface area (Å²) in [5.74, 6) is 2.50. The number of ether oxygens (including phenoxy) is 2. The van der Waals surface area contributed by atoms with Crippen LogP contribution in [0.1, 0.15) is 11.1 Å². The molecule has 1 aliphatic heterocycles. The minimum absolute atomic E-state index is 0.0708. The Morgan fingerprint density at radius 3 is 2.45 bits per heavy atom. The number of amides is 1. The van der Waals surface area contributed by atoms with Gasteiger partial charge in [0.05, 0.1) is 20.0 Å². The highest BCUT2D eigenvalue weighted by Gasteiger charge is 2.23. The van der Waals surface area contributed by atoms with Gasteiger partial charge >= 0.3 is 0 Å². The molecule has 0 aliphatic carbocycles. The number of nitrogens with zero attached hydrogens (tertiary/aromatic N) is 4. The standard InChI is InChI=1S/C22H23ClN4O3S/c1-26-21(14-4-6-17(23)7-5-14)24-25-22(26)31-13-20(28)27-9-8-15-10-18(29-2)19(30-3)11-16(15)12-27/h4-7,10-11H,8-9,12-13H2,1-3H3. The van der Waals surface area contributed by atoms with E-state index in [0.29, 0.717) is 34.8 Å². The molecule has 0 radical (unpaired) electrons. The fourth-order valence-electron chi connectivity index (χ4n) is 3.60. The number of methoxy groups -OCH3 is 2. The van der Waals surface area contributed by atoms with Crippen LogP contribution in [0.4, 0.5) is 0 Å². The number of benzene rings is 2. The molecule has 162 valence electrons. The highest BCUT2D eigenvalue weighted by atomic mass is 35.5. The topological polar surface area (TPSA) is 69.5 Å². The third-order valence-corrected chi connectivity index (χ3v) is 6.59. The van der Waals surface area contributed by atoms with Crippen LogP contribution in [0.15, 0.2) is 41.6 Å².